The van der Waals surface area contributed by atoms with Crippen molar-refractivity contribution in [2.24, 2.45) is 11.7 Å². The molecule has 0 spiro atoms. The number of benzene rings is 2. The third-order valence-corrected chi connectivity index (χ3v) is 5.77. The summed E-state index contributed by atoms with van der Waals surface area (Å²) in [5.74, 6) is 0.986. The second kappa shape index (κ2) is 6.90. The highest BCUT2D eigenvalue weighted by Gasteiger charge is 2.29. The lowest BCUT2D eigenvalue weighted by atomic mass is 9.74. The average Bonchev–Trinajstić information content (AvgIpc) is 2.64. The van der Waals surface area contributed by atoms with Crippen LogP contribution >= 0.6 is 0 Å². The van der Waals surface area contributed by atoms with Crippen LogP contribution in [0, 0.1) is 12.8 Å². The van der Waals surface area contributed by atoms with Crippen LogP contribution in [0.15, 0.2) is 48.5 Å². The Morgan fingerprint density at radius 2 is 1.56 bits per heavy atom. The molecule has 1 aliphatic carbocycles. The van der Waals surface area contributed by atoms with E-state index >= 15 is 0 Å². The molecule has 0 bridgehead atoms. The molecule has 3 aromatic rings. The maximum atomic E-state index is 6.35. The minimum Gasteiger partial charge on any atom is -0.323 e. The van der Waals surface area contributed by atoms with Crippen LogP contribution in [0.4, 0.5) is 0 Å². The first-order chi connectivity index (χ1) is 13.0. The van der Waals surface area contributed by atoms with Crippen LogP contribution in [0.2, 0.25) is 0 Å². The second-order valence-electron chi connectivity index (χ2n) is 8.01. The van der Waals surface area contributed by atoms with Crippen LogP contribution in [-0.4, -0.2) is 10.2 Å². The summed E-state index contributed by atoms with van der Waals surface area (Å²) in [4.78, 5) is 0. The minimum absolute atomic E-state index is 0.177. The van der Waals surface area contributed by atoms with E-state index in [1.54, 1.807) is 0 Å². The number of hydrogen-bond acceptors (Lipinski definition) is 3. The van der Waals surface area contributed by atoms with Gasteiger partial charge in [0, 0.05) is 17.2 Å². The van der Waals surface area contributed by atoms with Crippen molar-refractivity contribution >= 4 is 0 Å². The summed E-state index contributed by atoms with van der Waals surface area (Å²) >= 11 is 0. The molecule has 3 heteroatoms. The van der Waals surface area contributed by atoms with Gasteiger partial charge in [-0.25, -0.2) is 0 Å². The molecule has 2 atom stereocenters. The van der Waals surface area contributed by atoms with E-state index in [0.29, 0.717) is 11.8 Å². The number of rotatable bonds is 2. The molecule has 0 saturated carbocycles. The highest BCUT2D eigenvalue weighted by Crippen LogP contribution is 2.46. The molecule has 1 aliphatic rings. The lowest BCUT2D eigenvalue weighted by molar-refractivity contribution is 0.496. The van der Waals surface area contributed by atoms with Crippen molar-refractivity contribution in [2.45, 2.75) is 46.1 Å². The summed E-state index contributed by atoms with van der Waals surface area (Å²) in [6.07, 6.45) is 1.03. The number of aromatic nitrogens is 2. The summed E-state index contributed by atoms with van der Waals surface area (Å²) < 4.78 is 0. The van der Waals surface area contributed by atoms with Gasteiger partial charge < -0.3 is 5.73 Å². The molecule has 0 aliphatic heterocycles. The Morgan fingerprint density at radius 3 is 2.26 bits per heavy atom. The number of fused-ring (bicyclic) bond motifs is 5. The first-order valence-corrected chi connectivity index (χ1v) is 9.79. The summed E-state index contributed by atoms with van der Waals surface area (Å²) in [5, 5.41) is 9.01. The van der Waals surface area contributed by atoms with Crippen molar-refractivity contribution < 1.29 is 0 Å². The number of nitrogens with zero attached hydrogens (tertiary/aromatic N) is 2. The zero-order valence-corrected chi connectivity index (χ0v) is 16.5. The fraction of sp³-hybridized carbons (Fsp3) is 0.333. The Balaban J connectivity index is 2.18. The molecule has 1 aromatic heterocycles. The van der Waals surface area contributed by atoms with E-state index in [0.717, 1.165) is 23.4 Å². The number of nitrogens with two attached hydrogens (primary N) is 1. The predicted octanol–water partition coefficient (Wildman–Crippen LogP) is 5.43. The van der Waals surface area contributed by atoms with Crippen molar-refractivity contribution in [1.29, 1.82) is 0 Å². The summed E-state index contributed by atoms with van der Waals surface area (Å²) in [6, 6.07) is 17.3. The smallest absolute Gasteiger partial charge is 0.0880 e. The van der Waals surface area contributed by atoms with E-state index in [2.05, 4.69) is 79.5 Å². The lowest BCUT2D eigenvalue weighted by Crippen LogP contribution is -2.18. The fourth-order valence-corrected chi connectivity index (χ4v) is 4.39. The van der Waals surface area contributed by atoms with Crippen LogP contribution in [0.5, 0.6) is 0 Å². The van der Waals surface area contributed by atoms with Crippen LogP contribution in [0.25, 0.3) is 22.3 Å². The van der Waals surface area contributed by atoms with Gasteiger partial charge in [0.1, 0.15) is 0 Å². The standard InChI is InChI=1S/C24H27N3/c1-14(2)21-13-17-9-5-6-10-18(17)22-16(4)26-27-24(15(3)25)23(22)20-12-8-7-11-19(20)21/h5-12,14-15,21H,13,25H2,1-4H3. The van der Waals surface area contributed by atoms with Crippen LogP contribution < -0.4 is 5.73 Å². The maximum Gasteiger partial charge on any atom is 0.0880 e. The van der Waals surface area contributed by atoms with Gasteiger partial charge >= 0.3 is 0 Å². The van der Waals surface area contributed by atoms with Gasteiger partial charge in [-0.15, -0.1) is 0 Å². The van der Waals surface area contributed by atoms with E-state index < -0.39 is 0 Å². The highest BCUT2D eigenvalue weighted by atomic mass is 15.1. The molecule has 2 N–H and O–H groups in total. The molecule has 0 radical (unpaired) electrons. The molecule has 0 amide bonds. The summed E-state index contributed by atoms with van der Waals surface area (Å²) in [5.41, 5.74) is 15.8. The summed E-state index contributed by atoms with van der Waals surface area (Å²) in [7, 11) is 0. The van der Waals surface area contributed by atoms with Gasteiger partial charge in [0.25, 0.3) is 0 Å². The maximum absolute atomic E-state index is 6.35. The molecule has 1 heterocycles. The largest absolute Gasteiger partial charge is 0.323 e. The fourth-order valence-electron chi connectivity index (χ4n) is 4.39. The molecule has 0 saturated heterocycles. The SMILES string of the molecule is Cc1nnc(C(C)N)c2c1-c1ccccc1CC(C(C)C)c1ccccc1-2. The lowest BCUT2D eigenvalue weighted by Gasteiger charge is -2.30. The Morgan fingerprint density at radius 1 is 0.889 bits per heavy atom. The normalized spacial score (nSPS) is 16.7. The van der Waals surface area contributed by atoms with E-state index in [1.807, 2.05) is 6.92 Å². The van der Waals surface area contributed by atoms with Gasteiger partial charge in [0.2, 0.25) is 0 Å². The Bertz CT molecular complexity index is 989. The van der Waals surface area contributed by atoms with Gasteiger partial charge in [0.05, 0.1) is 11.4 Å². The molecule has 0 fully saturated rings. The van der Waals surface area contributed by atoms with E-state index in [-0.39, 0.29) is 6.04 Å². The Kier molecular flexibility index (Phi) is 4.56. The first-order valence-electron chi connectivity index (χ1n) is 9.79. The predicted molar refractivity (Wildman–Crippen MR) is 112 cm³/mol. The van der Waals surface area contributed by atoms with Crippen molar-refractivity contribution in [3.05, 3.63) is 71.0 Å². The zero-order valence-electron chi connectivity index (χ0n) is 16.5. The number of hydrogen-bond donors (Lipinski definition) is 1. The van der Waals surface area contributed by atoms with Crippen molar-refractivity contribution in [3.63, 3.8) is 0 Å². The van der Waals surface area contributed by atoms with Gasteiger partial charge in [-0.3, -0.25) is 0 Å². The average molecular weight is 358 g/mol. The molecule has 27 heavy (non-hydrogen) atoms. The topological polar surface area (TPSA) is 51.8 Å². The van der Waals surface area contributed by atoms with Gasteiger partial charge in [-0.05, 0) is 54.4 Å². The highest BCUT2D eigenvalue weighted by molar-refractivity contribution is 5.89. The second-order valence-corrected chi connectivity index (χ2v) is 8.01. The van der Waals surface area contributed by atoms with Gasteiger partial charge in [-0.2, -0.15) is 10.2 Å². The Hall–Kier alpha value is -2.52. The third kappa shape index (κ3) is 2.96. The van der Waals surface area contributed by atoms with Gasteiger partial charge in [-0.1, -0.05) is 62.4 Å². The number of aryl methyl sites for hydroxylation is 1. The molecule has 138 valence electrons. The molecule has 3 nitrogen and oxygen atoms in total. The van der Waals surface area contributed by atoms with Crippen molar-refractivity contribution in [1.82, 2.24) is 10.2 Å². The molecular weight excluding hydrogens is 330 g/mol. The monoisotopic (exact) mass is 357 g/mol. The van der Waals surface area contributed by atoms with Crippen LogP contribution in [-0.2, 0) is 6.42 Å². The van der Waals surface area contributed by atoms with Gasteiger partial charge in [0.15, 0.2) is 0 Å². The minimum atomic E-state index is -0.177. The van der Waals surface area contributed by atoms with Crippen LogP contribution in [0.3, 0.4) is 0 Å². The molecule has 2 unspecified atom stereocenters. The third-order valence-electron chi connectivity index (χ3n) is 5.77. The molecule has 4 rings (SSSR count). The Labute approximate surface area is 161 Å². The van der Waals surface area contributed by atoms with E-state index in [9.17, 15) is 0 Å². The van der Waals surface area contributed by atoms with Crippen LogP contribution in [0.1, 0.15) is 55.2 Å². The molecule has 2 aromatic carbocycles. The summed E-state index contributed by atoms with van der Waals surface area (Å²) in [6.45, 7) is 8.68. The first kappa shape index (κ1) is 17.9. The molecular formula is C24H27N3. The van der Waals surface area contributed by atoms with Crippen molar-refractivity contribution in [3.8, 4) is 22.3 Å². The quantitative estimate of drug-likeness (QED) is 0.665. The van der Waals surface area contributed by atoms with E-state index in [4.69, 9.17) is 5.73 Å². The van der Waals surface area contributed by atoms with Crippen molar-refractivity contribution in [2.75, 3.05) is 0 Å². The van der Waals surface area contributed by atoms with E-state index in [1.165, 1.54) is 27.8 Å². The zero-order chi connectivity index (χ0) is 19.1.